The van der Waals surface area contributed by atoms with E-state index in [-0.39, 0.29) is 6.73 Å². The monoisotopic (exact) mass is 308 g/mol. The Balaban J connectivity index is 2.35. The fraction of sp³-hybridized carbons (Fsp3) is 0.143. The third-order valence-electron chi connectivity index (χ3n) is 1.75. The van der Waals surface area contributed by atoms with Crippen LogP contribution < -0.4 is 4.52 Å². The topological polar surface area (TPSA) is 78.9 Å². The zero-order chi connectivity index (χ0) is 11.9. The predicted molar refractivity (Wildman–Crippen MR) is 75.1 cm³/mol. The summed E-state index contributed by atoms with van der Waals surface area (Å²) < 4.78 is 18.2. The minimum Gasteiger partial charge on any atom is -0.416 e. The van der Waals surface area contributed by atoms with Crippen molar-refractivity contribution in [3.8, 4) is 5.75 Å². The van der Waals surface area contributed by atoms with Crippen LogP contribution in [0.5, 0.6) is 5.75 Å². The minimum atomic E-state index is -1.17. The number of benzene rings is 1. The molecule has 10 heteroatoms. The van der Waals surface area contributed by atoms with E-state index in [0.717, 1.165) is 14.3 Å². The molecular weight excluding hydrogens is 296 g/mol. The molecule has 0 aliphatic rings. The molecule has 0 aliphatic heterocycles. The Hall–Kier alpha value is -0.620. The van der Waals surface area contributed by atoms with Gasteiger partial charge < -0.3 is 18.6 Å². The highest BCUT2D eigenvalue weighted by Gasteiger charge is 2.00. The van der Waals surface area contributed by atoms with Gasteiger partial charge >= 0.3 is 0 Å². The SMILES string of the molecule is OCn1[pH][nH][pH][nH]pnp1Oc1ccccc1. The van der Waals surface area contributed by atoms with Gasteiger partial charge in [0.2, 0.25) is 0 Å². The molecule has 6 nitrogen and oxygen atoms in total. The molecule has 1 heterocycles. The molecular formula is C7H12N4O2P4. The van der Waals surface area contributed by atoms with Gasteiger partial charge in [0.05, 0.1) is 0 Å². The first-order valence-electron chi connectivity index (χ1n) is 4.73. The first-order chi connectivity index (χ1) is 8.40. The molecule has 3 unspecified atom stereocenters. The number of aliphatic hydroxyl groups is 1. The van der Waals surface area contributed by atoms with Crippen molar-refractivity contribution in [2.75, 3.05) is 0 Å². The number of nitrogens with zero attached hydrogens (tertiary/aromatic N) is 2. The number of nitrogens with one attached hydrogen (secondary N) is 2. The van der Waals surface area contributed by atoms with Crippen molar-refractivity contribution in [3.05, 3.63) is 30.3 Å². The van der Waals surface area contributed by atoms with Gasteiger partial charge in [-0.15, -0.1) is 4.51 Å². The molecule has 0 fully saturated rings. The molecule has 3 atom stereocenters. The second-order valence-corrected chi connectivity index (χ2v) is 8.23. The van der Waals surface area contributed by atoms with Crippen LogP contribution in [0.1, 0.15) is 0 Å². The summed E-state index contributed by atoms with van der Waals surface area (Å²) in [6, 6.07) is 9.53. The average molecular weight is 308 g/mol. The molecule has 2 rings (SSSR count). The molecule has 2 aromatic rings. The summed E-state index contributed by atoms with van der Waals surface area (Å²) in [5, 5.41) is 9.30. The molecule has 0 aliphatic carbocycles. The zero-order valence-corrected chi connectivity index (χ0v) is 12.5. The summed E-state index contributed by atoms with van der Waals surface area (Å²) in [4.78, 5) is 0. The van der Waals surface area contributed by atoms with Crippen LogP contribution in [0.3, 0.4) is 0 Å². The summed E-state index contributed by atoms with van der Waals surface area (Å²) in [5.74, 6) is 0.767. The minimum absolute atomic E-state index is 0.0620. The van der Waals surface area contributed by atoms with E-state index in [4.69, 9.17) is 4.52 Å². The van der Waals surface area contributed by atoms with Crippen LogP contribution in [0, 0.1) is 0 Å². The third-order valence-corrected chi connectivity index (χ3v) is 6.64. The van der Waals surface area contributed by atoms with E-state index in [9.17, 15) is 5.11 Å². The van der Waals surface area contributed by atoms with Crippen LogP contribution in [0.4, 0.5) is 0 Å². The third kappa shape index (κ3) is 3.96. The smallest absolute Gasteiger partial charge is 0.268 e. The van der Waals surface area contributed by atoms with Gasteiger partial charge in [0.15, 0.2) is 0 Å². The normalized spacial score (nSPS) is 12.2. The van der Waals surface area contributed by atoms with Crippen LogP contribution in [-0.2, 0) is 6.73 Å². The van der Waals surface area contributed by atoms with Crippen molar-refractivity contribution >= 4 is 33.6 Å². The van der Waals surface area contributed by atoms with Gasteiger partial charge in [-0.2, -0.15) is 0 Å². The van der Waals surface area contributed by atoms with Gasteiger partial charge in [-0.05, 0) is 12.1 Å². The molecule has 0 saturated carbocycles. The Kier molecular flexibility index (Phi) is 5.25. The molecule has 0 radical (unpaired) electrons. The van der Waals surface area contributed by atoms with Gasteiger partial charge in [0.25, 0.3) is 8.08 Å². The summed E-state index contributed by atoms with van der Waals surface area (Å²) in [5.41, 5.74) is 0. The van der Waals surface area contributed by atoms with E-state index in [0.29, 0.717) is 17.0 Å². The number of para-hydroxylation sites is 1. The summed E-state index contributed by atoms with van der Waals surface area (Å²) in [7, 11) is 0.354. The molecule has 0 spiro atoms. The van der Waals surface area contributed by atoms with Gasteiger partial charge in [0, 0.05) is 17.0 Å². The van der Waals surface area contributed by atoms with E-state index in [2.05, 4.69) is 13.5 Å². The summed E-state index contributed by atoms with van der Waals surface area (Å²) >= 11 is 0. The first-order valence-corrected chi connectivity index (χ1v) is 8.69. The maximum Gasteiger partial charge on any atom is 0.268 e. The standard InChI is InChI=1S/C7H12N4O2P4/c12-6-11-16-9-14-8-15-10-17(11)13-7-4-2-1-3-5-7/h1-5,9,12,14,16H,6H2,(H,8,10). The molecule has 3 N–H and O–H groups in total. The Labute approximate surface area is 104 Å². The quantitative estimate of drug-likeness (QED) is 0.814. The van der Waals surface area contributed by atoms with Crippen molar-refractivity contribution in [1.82, 2.24) is 17.6 Å². The Morgan fingerprint density at radius 1 is 1.47 bits per heavy atom. The summed E-state index contributed by atoms with van der Waals surface area (Å²) in [6.07, 6.45) is 0. The van der Waals surface area contributed by atoms with Crippen LogP contribution >= 0.6 is 33.6 Å². The van der Waals surface area contributed by atoms with Gasteiger partial charge in [-0.1, -0.05) is 18.2 Å². The highest BCUT2D eigenvalue weighted by Crippen LogP contribution is 2.29. The molecule has 17 heavy (non-hydrogen) atoms. The average Bonchev–Trinajstić information content (AvgIpc) is 2.34. The maximum absolute atomic E-state index is 9.30. The van der Waals surface area contributed by atoms with Crippen molar-refractivity contribution in [2.45, 2.75) is 6.73 Å². The lowest BCUT2D eigenvalue weighted by atomic mass is 10.3. The lowest BCUT2D eigenvalue weighted by Crippen LogP contribution is -1.94. The number of hydrogen-bond donors (Lipinski definition) is 3. The van der Waals surface area contributed by atoms with E-state index in [1.165, 1.54) is 0 Å². The van der Waals surface area contributed by atoms with Gasteiger partial charge in [-0.25, -0.2) is 4.09 Å². The number of rotatable bonds is 3. The van der Waals surface area contributed by atoms with Crippen molar-refractivity contribution in [2.24, 2.45) is 0 Å². The van der Waals surface area contributed by atoms with Crippen LogP contribution in [0.2, 0.25) is 0 Å². The Bertz CT molecular complexity index is 516. The highest BCUT2D eigenvalue weighted by molar-refractivity contribution is 7.50. The molecule has 1 aromatic heterocycles. The fourth-order valence-corrected chi connectivity index (χ4v) is 5.98. The Morgan fingerprint density at radius 2 is 2.29 bits per heavy atom. The molecule has 0 bridgehead atoms. The first kappa shape index (κ1) is 12.8. The van der Waals surface area contributed by atoms with Crippen molar-refractivity contribution < 1.29 is 9.63 Å². The second-order valence-electron chi connectivity index (χ2n) is 2.86. The van der Waals surface area contributed by atoms with E-state index < -0.39 is 8.08 Å². The fourth-order valence-electron chi connectivity index (χ4n) is 1.03. The molecule has 92 valence electrons. The lowest BCUT2D eigenvalue weighted by molar-refractivity contribution is 0.229. The van der Waals surface area contributed by atoms with Gasteiger partial charge in [0.1, 0.15) is 21.0 Å². The predicted octanol–water partition coefficient (Wildman–Crippen LogP) is 3.21. The Morgan fingerprint density at radius 3 is 3.06 bits per heavy atom. The van der Waals surface area contributed by atoms with Crippen molar-refractivity contribution in [1.29, 1.82) is 0 Å². The van der Waals surface area contributed by atoms with Crippen LogP contribution in [-0.4, -0.2) is 22.7 Å². The van der Waals surface area contributed by atoms with E-state index >= 15 is 0 Å². The van der Waals surface area contributed by atoms with E-state index in [1.807, 2.05) is 30.3 Å². The number of aromatic amines is 2. The van der Waals surface area contributed by atoms with Crippen molar-refractivity contribution in [3.63, 3.8) is 0 Å². The second kappa shape index (κ2) is 6.96. The number of aliphatic hydroxyl groups excluding tert-OH is 1. The summed E-state index contributed by atoms with van der Waals surface area (Å²) in [6.45, 7) is -0.0620. The number of H-pyrrole nitrogens is 2. The lowest BCUT2D eigenvalue weighted by Gasteiger charge is -2.08. The molecule has 0 saturated heterocycles. The van der Waals surface area contributed by atoms with Crippen LogP contribution in [0.25, 0.3) is 0 Å². The molecule has 0 amide bonds. The zero-order valence-electron chi connectivity index (χ0n) is 8.74. The van der Waals surface area contributed by atoms with E-state index in [1.54, 1.807) is 4.09 Å². The number of hydrogen-bond acceptors (Lipinski definition) is 3. The number of aromatic nitrogens is 4. The van der Waals surface area contributed by atoms with Gasteiger partial charge in [-0.3, -0.25) is 0 Å². The largest absolute Gasteiger partial charge is 0.416 e. The highest BCUT2D eigenvalue weighted by atomic mass is 31.2. The van der Waals surface area contributed by atoms with Crippen LogP contribution in [0.15, 0.2) is 30.3 Å². The maximum atomic E-state index is 9.30. The molecule has 1 aromatic carbocycles.